The Morgan fingerprint density at radius 2 is 1.08 bits per heavy atom. The summed E-state index contributed by atoms with van der Waals surface area (Å²) in [5, 5.41) is 12.3. The molecule has 0 fully saturated rings. The van der Waals surface area contributed by atoms with Gasteiger partial charge < -0.3 is 5.11 Å². The van der Waals surface area contributed by atoms with Crippen LogP contribution in [0.5, 0.6) is 5.75 Å². The number of phenols is 1. The Labute approximate surface area is 373 Å². The Balaban J connectivity index is 0.00000514. The molecule has 0 radical (unpaired) electrons. The molecule has 0 saturated heterocycles. The fraction of sp³-hybridized carbons (Fsp3) is 0.143. The van der Waals surface area contributed by atoms with Crippen LogP contribution in [0.1, 0.15) is 52.7 Å². The van der Waals surface area contributed by atoms with Crippen LogP contribution in [0.4, 0.5) is 0 Å². The van der Waals surface area contributed by atoms with E-state index in [2.05, 4.69) is 204 Å². The van der Waals surface area contributed by atoms with Gasteiger partial charge in [-0.15, -0.1) is 23.8 Å². The van der Waals surface area contributed by atoms with E-state index in [-0.39, 0.29) is 37.6 Å². The first-order valence-electron chi connectivity index (χ1n) is 20.6. The van der Waals surface area contributed by atoms with E-state index in [1.165, 1.54) is 0 Å². The second kappa shape index (κ2) is 16.6. The summed E-state index contributed by atoms with van der Waals surface area (Å²) >= 11 is 0. The molecule has 0 atom stereocenters. The predicted molar refractivity (Wildman–Crippen MR) is 249 cm³/mol. The molecule has 2 aromatic heterocycles. The van der Waals surface area contributed by atoms with Crippen molar-refractivity contribution < 1.29 is 26.2 Å². The monoisotopic (exact) mass is 973 g/mol. The summed E-state index contributed by atoms with van der Waals surface area (Å²) in [6.07, 6.45) is 1.88. The second-order valence-corrected chi connectivity index (χ2v) is 17.6. The topological polar surface area (TPSA) is 50.9 Å². The summed E-state index contributed by atoms with van der Waals surface area (Å²) in [4.78, 5) is 10.4. The van der Waals surface area contributed by atoms with E-state index in [1.807, 2.05) is 24.4 Å². The zero-order valence-electron chi connectivity index (χ0n) is 35.3. The molecule has 7 aromatic carbocycles. The maximum absolute atomic E-state index is 12.3. The van der Waals surface area contributed by atoms with Gasteiger partial charge in [0, 0.05) is 44.2 Å². The molecular weight excluding hydrogens is 926 g/mol. The Kier molecular flexibility index (Phi) is 11.3. The van der Waals surface area contributed by atoms with Crippen LogP contribution in [0, 0.1) is 6.07 Å². The van der Waals surface area contributed by atoms with Gasteiger partial charge in [-0.05, 0) is 74.5 Å². The molecule has 0 aliphatic heterocycles. The minimum absolute atomic E-state index is 0. The van der Waals surface area contributed by atoms with E-state index in [1.54, 1.807) is 0 Å². The minimum atomic E-state index is -0.311. The molecule has 61 heavy (non-hydrogen) atoms. The molecule has 0 saturated carbocycles. The van der Waals surface area contributed by atoms with Crippen molar-refractivity contribution in [2.45, 2.75) is 52.4 Å². The van der Waals surface area contributed by atoms with Gasteiger partial charge in [0.25, 0.3) is 0 Å². The quantitative estimate of drug-likeness (QED) is 0.162. The summed E-state index contributed by atoms with van der Waals surface area (Å²) in [5.41, 5.74) is 15.2. The van der Waals surface area contributed by atoms with Crippen molar-refractivity contribution in [2.24, 2.45) is 0 Å². The Morgan fingerprint density at radius 3 is 1.69 bits per heavy atom. The zero-order chi connectivity index (χ0) is 41.6. The van der Waals surface area contributed by atoms with Gasteiger partial charge >= 0.3 is 0 Å². The molecule has 0 spiro atoms. The SMILES string of the molecule is CC(C)(C)c1cc(-c2nc3c(-c4[c-]c(-c5cc(-c6ccccc6)ccn5)cc(-c5ccccc5)c4)cccc3n2-c2ccc(-c3ccccc3)cc2)c(O)c(C(C)(C)C)c1.[Pt]. The van der Waals surface area contributed by atoms with E-state index in [0.29, 0.717) is 11.4 Å². The number of fused-ring (bicyclic) bond motifs is 1. The maximum atomic E-state index is 12.3. The van der Waals surface area contributed by atoms with Gasteiger partial charge in [0.2, 0.25) is 0 Å². The number of para-hydroxylation sites is 1. The number of hydrogen-bond donors (Lipinski definition) is 1. The number of benzene rings is 7. The molecule has 0 aliphatic rings. The third-order valence-electron chi connectivity index (χ3n) is 11.4. The number of rotatable bonds is 7. The van der Waals surface area contributed by atoms with E-state index in [4.69, 9.17) is 9.97 Å². The first-order chi connectivity index (χ1) is 28.9. The van der Waals surface area contributed by atoms with Gasteiger partial charge in [0.1, 0.15) is 11.6 Å². The third kappa shape index (κ3) is 8.26. The van der Waals surface area contributed by atoms with E-state index >= 15 is 0 Å². The summed E-state index contributed by atoms with van der Waals surface area (Å²) in [6.45, 7) is 13.1. The molecule has 304 valence electrons. The minimum Gasteiger partial charge on any atom is -0.507 e. The average Bonchev–Trinajstić information content (AvgIpc) is 3.66. The van der Waals surface area contributed by atoms with Crippen LogP contribution in [0.25, 0.3) is 83.9 Å². The fourth-order valence-electron chi connectivity index (χ4n) is 8.04. The molecule has 2 heterocycles. The first kappa shape index (κ1) is 41.4. The van der Waals surface area contributed by atoms with Crippen molar-refractivity contribution in [3.05, 3.63) is 193 Å². The number of pyridine rings is 1. The molecule has 4 nitrogen and oxygen atoms in total. The summed E-state index contributed by atoms with van der Waals surface area (Å²) in [6, 6.07) is 63.0. The molecular formula is C56H48N3OPt-. The summed E-state index contributed by atoms with van der Waals surface area (Å²) < 4.78 is 2.20. The largest absolute Gasteiger partial charge is 0.507 e. The molecule has 0 amide bonds. The van der Waals surface area contributed by atoms with Crippen molar-refractivity contribution in [1.29, 1.82) is 0 Å². The number of phenolic OH excluding ortho intramolecular Hbond substituents is 1. The van der Waals surface area contributed by atoms with Crippen molar-refractivity contribution in [3.8, 4) is 78.6 Å². The van der Waals surface area contributed by atoms with Crippen molar-refractivity contribution in [3.63, 3.8) is 0 Å². The van der Waals surface area contributed by atoms with Gasteiger partial charge in [-0.2, -0.15) is 0 Å². The summed E-state index contributed by atoms with van der Waals surface area (Å²) in [5.74, 6) is 0.925. The molecule has 0 aliphatic carbocycles. The van der Waals surface area contributed by atoms with Gasteiger partial charge in [-0.25, -0.2) is 4.98 Å². The fourth-order valence-corrected chi connectivity index (χ4v) is 8.04. The van der Waals surface area contributed by atoms with Crippen LogP contribution >= 0.6 is 0 Å². The Hall–Kier alpha value is -6.35. The van der Waals surface area contributed by atoms with Gasteiger partial charge in [-0.3, -0.25) is 9.55 Å². The van der Waals surface area contributed by atoms with E-state index in [0.717, 1.165) is 83.6 Å². The number of imidazole rings is 1. The molecule has 5 heteroatoms. The van der Waals surface area contributed by atoms with Crippen LogP contribution < -0.4 is 0 Å². The Morgan fingerprint density at radius 1 is 0.508 bits per heavy atom. The molecule has 1 N–H and O–H groups in total. The number of hydrogen-bond acceptors (Lipinski definition) is 3. The maximum Gasteiger partial charge on any atom is 0.148 e. The van der Waals surface area contributed by atoms with E-state index in [9.17, 15) is 5.11 Å². The van der Waals surface area contributed by atoms with Crippen LogP contribution in [-0.4, -0.2) is 19.6 Å². The average molecular weight is 974 g/mol. The molecule has 9 rings (SSSR count). The number of nitrogens with zero attached hydrogens (tertiary/aromatic N) is 3. The van der Waals surface area contributed by atoms with Crippen LogP contribution in [0.2, 0.25) is 0 Å². The van der Waals surface area contributed by atoms with Crippen molar-refractivity contribution >= 4 is 11.0 Å². The summed E-state index contributed by atoms with van der Waals surface area (Å²) in [7, 11) is 0. The third-order valence-corrected chi connectivity index (χ3v) is 11.4. The second-order valence-electron chi connectivity index (χ2n) is 17.6. The van der Waals surface area contributed by atoms with Crippen LogP contribution in [0.3, 0.4) is 0 Å². The number of aromatic nitrogens is 3. The van der Waals surface area contributed by atoms with Crippen LogP contribution in [0.15, 0.2) is 176 Å². The first-order valence-corrected chi connectivity index (χ1v) is 20.6. The molecule has 9 aromatic rings. The predicted octanol–water partition coefficient (Wildman–Crippen LogP) is 14.5. The van der Waals surface area contributed by atoms with E-state index < -0.39 is 0 Å². The molecule has 0 unspecified atom stereocenters. The normalized spacial score (nSPS) is 11.7. The molecule has 0 bridgehead atoms. The van der Waals surface area contributed by atoms with Gasteiger partial charge in [0.15, 0.2) is 0 Å². The standard InChI is InChI=1S/C56H48N3O.Pt/c1-55(2,3)45-35-48(53(60)49(36-45)56(4,5)6)54-58-52-47(23-16-24-51(52)59(54)46-27-25-40(26-28-46)37-17-10-7-11-18-37)43-31-42(39-21-14-9-15-22-39)32-44(33-43)50-34-41(29-30-57-50)38-19-12-8-13-20-38;/h7-32,34-36,60H,1-6H3;/q-1;. The van der Waals surface area contributed by atoms with Crippen LogP contribution in [-0.2, 0) is 31.9 Å². The smallest absolute Gasteiger partial charge is 0.148 e. The van der Waals surface area contributed by atoms with Gasteiger partial charge in [0.05, 0.1) is 16.6 Å². The van der Waals surface area contributed by atoms with Crippen molar-refractivity contribution in [1.82, 2.24) is 14.5 Å². The Bertz CT molecular complexity index is 2980. The van der Waals surface area contributed by atoms with Crippen molar-refractivity contribution in [2.75, 3.05) is 0 Å². The zero-order valence-corrected chi connectivity index (χ0v) is 37.6. The number of aromatic hydroxyl groups is 1. The van der Waals surface area contributed by atoms with Gasteiger partial charge in [-0.1, -0.05) is 186 Å².